The Bertz CT molecular complexity index is 849. The molecule has 9 heteroatoms. The summed E-state index contributed by atoms with van der Waals surface area (Å²) in [5, 5.41) is 21.5. The van der Waals surface area contributed by atoms with Gasteiger partial charge < -0.3 is 20.3 Å². The minimum atomic E-state index is -1.12. The third-order valence-corrected chi connectivity index (χ3v) is 5.09. The van der Waals surface area contributed by atoms with Crippen LogP contribution in [0.1, 0.15) is 12.5 Å². The van der Waals surface area contributed by atoms with E-state index in [0.717, 1.165) is 0 Å². The summed E-state index contributed by atoms with van der Waals surface area (Å²) in [6, 6.07) is 3.41. The molecule has 0 aromatic carbocycles. The molecule has 3 N–H and O–H groups in total. The normalized spacial score (nSPS) is 22.9. The van der Waals surface area contributed by atoms with Gasteiger partial charge in [-0.1, -0.05) is 6.92 Å². The van der Waals surface area contributed by atoms with E-state index in [0.29, 0.717) is 48.5 Å². The molecule has 0 bridgehead atoms. The zero-order valence-corrected chi connectivity index (χ0v) is 15.3. The van der Waals surface area contributed by atoms with Gasteiger partial charge in [-0.2, -0.15) is 0 Å². The lowest BCUT2D eigenvalue weighted by Gasteiger charge is -2.27. The van der Waals surface area contributed by atoms with E-state index in [-0.39, 0.29) is 6.54 Å². The van der Waals surface area contributed by atoms with Crippen LogP contribution in [0.2, 0.25) is 0 Å². The standard InChI is InChI=1S/C18H23FN4O4/c1-18(9-21-17(25)26)10-23(8-14(18)24)6-5-11-12(19)7-20-13-3-4-15(27-2)22-16(11)13/h3-4,7,14,21,24H,5-6,8-10H2,1-2H3,(H,25,26). The van der Waals surface area contributed by atoms with Gasteiger partial charge in [-0.15, -0.1) is 0 Å². The molecule has 0 radical (unpaired) electrons. The minimum absolute atomic E-state index is 0.158. The number of aliphatic hydroxyl groups is 1. The molecule has 2 atom stereocenters. The molecule has 0 saturated carbocycles. The zero-order chi connectivity index (χ0) is 19.6. The highest BCUT2D eigenvalue weighted by molar-refractivity contribution is 5.78. The average molecular weight is 378 g/mol. The fraction of sp³-hybridized carbons (Fsp3) is 0.500. The number of aliphatic hydroxyl groups excluding tert-OH is 1. The molecule has 0 spiro atoms. The Morgan fingerprint density at radius 2 is 2.30 bits per heavy atom. The van der Waals surface area contributed by atoms with E-state index in [4.69, 9.17) is 9.84 Å². The first-order chi connectivity index (χ1) is 12.8. The van der Waals surface area contributed by atoms with E-state index in [1.54, 1.807) is 12.1 Å². The molecule has 3 rings (SSSR count). The van der Waals surface area contributed by atoms with Gasteiger partial charge in [-0.25, -0.2) is 14.2 Å². The molecule has 1 fully saturated rings. The van der Waals surface area contributed by atoms with Gasteiger partial charge in [0.2, 0.25) is 5.88 Å². The van der Waals surface area contributed by atoms with Gasteiger partial charge in [0, 0.05) is 43.2 Å². The maximum atomic E-state index is 14.4. The first kappa shape index (κ1) is 19.2. The predicted octanol–water partition coefficient (Wildman–Crippen LogP) is 1.27. The SMILES string of the molecule is COc1ccc2ncc(F)c(CCN3CC(O)C(C)(CNC(=O)O)C3)c2n1. The Morgan fingerprint density at radius 1 is 1.52 bits per heavy atom. The van der Waals surface area contributed by atoms with Crippen LogP contribution in [0.4, 0.5) is 9.18 Å². The highest BCUT2D eigenvalue weighted by atomic mass is 19.1. The molecular formula is C18H23FN4O4. The van der Waals surface area contributed by atoms with Gasteiger partial charge in [0.1, 0.15) is 5.82 Å². The van der Waals surface area contributed by atoms with Crippen LogP contribution in [-0.4, -0.2) is 70.6 Å². The fourth-order valence-electron chi connectivity index (χ4n) is 3.47. The highest BCUT2D eigenvalue weighted by Crippen LogP contribution is 2.30. The number of fused-ring (bicyclic) bond motifs is 1. The molecule has 1 amide bonds. The van der Waals surface area contributed by atoms with Gasteiger partial charge in [-0.05, 0) is 12.5 Å². The lowest BCUT2D eigenvalue weighted by molar-refractivity contribution is 0.0814. The lowest BCUT2D eigenvalue weighted by Crippen LogP contribution is -2.42. The monoisotopic (exact) mass is 378 g/mol. The molecule has 8 nitrogen and oxygen atoms in total. The number of likely N-dealkylation sites (tertiary alicyclic amines) is 1. The van der Waals surface area contributed by atoms with Crippen LogP contribution in [0.15, 0.2) is 18.3 Å². The fourth-order valence-corrected chi connectivity index (χ4v) is 3.47. The average Bonchev–Trinajstić information content (AvgIpc) is 2.93. The number of β-amino-alcohol motifs (C(OH)–C–C–N with tert-alkyl or cyclic N) is 1. The second kappa shape index (κ2) is 7.61. The topological polar surface area (TPSA) is 108 Å². The molecule has 3 heterocycles. The van der Waals surface area contributed by atoms with Gasteiger partial charge in [0.15, 0.2) is 0 Å². The summed E-state index contributed by atoms with van der Waals surface area (Å²) in [7, 11) is 1.50. The third kappa shape index (κ3) is 4.09. The van der Waals surface area contributed by atoms with Crippen molar-refractivity contribution in [3.63, 3.8) is 0 Å². The molecule has 1 saturated heterocycles. The van der Waals surface area contributed by atoms with Crippen LogP contribution < -0.4 is 10.1 Å². The minimum Gasteiger partial charge on any atom is -0.481 e. The second-order valence-corrected chi connectivity index (χ2v) is 7.12. The second-order valence-electron chi connectivity index (χ2n) is 7.12. The van der Waals surface area contributed by atoms with E-state index in [1.807, 2.05) is 11.8 Å². The number of pyridine rings is 2. The van der Waals surface area contributed by atoms with E-state index in [2.05, 4.69) is 15.3 Å². The molecule has 1 aliphatic heterocycles. The number of ether oxygens (including phenoxy) is 1. The quantitative estimate of drug-likeness (QED) is 0.695. The molecule has 2 aromatic heterocycles. The van der Waals surface area contributed by atoms with Crippen molar-refractivity contribution >= 4 is 17.1 Å². The van der Waals surface area contributed by atoms with E-state index in [1.165, 1.54) is 13.3 Å². The first-order valence-electron chi connectivity index (χ1n) is 8.68. The van der Waals surface area contributed by atoms with Crippen molar-refractivity contribution in [2.75, 3.05) is 33.3 Å². The first-order valence-corrected chi connectivity index (χ1v) is 8.68. The summed E-state index contributed by atoms with van der Waals surface area (Å²) in [4.78, 5) is 21.1. The number of halogens is 1. The van der Waals surface area contributed by atoms with Crippen LogP contribution in [0.5, 0.6) is 5.88 Å². The summed E-state index contributed by atoms with van der Waals surface area (Å²) in [5.74, 6) is -0.0432. The Hall–Kier alpha value is -2.52. The Kier molecular flexibility index (Phi) is 5.43. The zero-order valence-electron chi connectivity index (χ0n) is 15.3. The number of rotatable bonds is 6. The van der Waals surface area contributed by atoms with Crippen LogP contribution in [0, 0.1) is 11.2 Å². The van der Waals surface area contributed by atoms with E-state index >= 15 is 0 Å². The third-order valence-electron chi connectivity index (χ3n) is 5.09. The van der Waals surface area contributed by atoms with Crippen LogP contribution >= 0.6 is 0 Å². The number of hydrogen-bond donors (Lipinski definition) is 3. The molecule has 2 aromatic rings. The van der Waals surface area contributed by atoms with Crippen LogP contribution in [0.25, 0.3) is 11.0 Å². The molecule has 1 aliphatic rings. The predicted molar refractivity (Wildman–Crippen MR) is 96.3 cm³/mol. The van der Waals surface area contributed by atoms with Crippen molar-refractivity contribution in [3.8, 4) is 5.88 Å². The summed E-state index contributed by atoms with van der Waals surface area (Å²) >= 11 is 0. The highest BCUT2D eigenvalue weighted by Gasteiger charge is 2.42. The van der Waals surface area contributed by atoms with Crippen LogP contribution in [-0.2, 0) is 6.42 Å². The van der Waals surface area contributed by atoms with Crippen molar-refractivity contribution < 1.29 is 24.1 Å². The Morgan fingerprint density at radius 3 is 3.00 bits per heavy atom. The number of nitrogens with zero attached hydrogens (tertiary/aromatic N) is 3. The van der Waals surface area contributed by atoms with Gasteiger partial charge in [0.25, 0.3) is 0 Å². The van der Waals surface area contributed by atoms with Gasteiger partial charge in [-0.3, -0.25) is 9.88 Å². The van der Waals surface area contributed by atoms with Crippen molar-refractivity contribution in [1.29, 1.82) is 0 Å². The number of carboxylic acid groups (broad SMARTS) is 1. The lowest BCUT2D eigenvalue weighted by atomic mass is 9.87. The number of amides is 1. The summed E-state index contributed by atoms with van der Waals surface area (Å²) in [5.41, 5.74) is 0.915. The summed E-state index contributed by atoms with van der Waals surface area (Å²) in [6.45, 7) is 3.41. The van der Waals surface area contributed by atoms with Crippen molar-refractivity contribution in [3.05, 3.63) is 29.7 Å². The van der Waals surface area contributed by atoms with Crippen molar-refractivity contribution in [2.24, 2.45) is 5.41 Å². The number of aromatic nitrogens is 2. The molecule has 2 unspecified atom stereocenters. The van der Waals surface area contributed by atoms with Gasteiger partial charge >= 0.3 is 6.09 Å². The number of nitrogens with one attached hydrogen (secondary N) is 1. The van der Waals surface area contributed by atoms with E-state index < -0.39 is 23.4 Å². The smallest absolute Gasteiger partial charge is 0.404 e. The maximum absolute atomic E-state index is 14.4. The number of carbonyl (C=O) groups is 1. The van der Waals surface area contributed by atoms with Crippen molar-refractivity contribution in [1.82, 2.24) is 20.2 Å². The van der Waals surface area contributed by atoms with Crippen LogP contribution in [0.3, 0.4) is 0 Å². The Labute approximate surface area is 156 Å². The Balaban J connectivity index is 1.74. The largest absolute Gasteiger partial charge is 0.481 e. The molecule has 146 valence electrons. The summed E-state index contributed by atoms with van der Waals surface area (Å²) in [6.07, 6.45) is -0.208. The van der Waals surface area contributed by atoms with Crippen molar-refractivity contribution in [2.45, 2.75) is 19.4 Å². The maximum Gasteiger partial charge on any atom is 0.404 e. The van der Waals surface area contributed by atoms with E-state index in [9.17, 15) is 14.3 Å². The molecule has 27 heavy (non-hydrogen) atoms. The van der Waals surface area contributed by atoms with Gasteiger partial charge in [0.05, 0.1) is 30.4 Å². The summed E-state index contributed by atoms with van der Waals surface area (Å²) < 4.78 is 19.5. The molecule has 0 aliphatic carbocycles. The molecular weight excluding hydrogens is 355 g/mol. The number of hydrogen-bond acceptors (Lipinski definition) is 6. The number of methoxy groups -OCH3 is 1.